The standard InChI is InChI=1S/C20H20F2N2O3S/c21-15-7-8-17(22)18(13-15)28(26,27)23-11-4-9-20(14-23)10-12-24(19(20)25)16-5-2-1-3-6-16/h1-3,5-8,13H,4,9-12,14H2. The van der Waals surface area contributed by atoms with Crippen molar-refractivity contribution in [2.45, 2.75) is 24.2 Å². The second-order valence-corrected chi connectivity index (χ2v) is 9.25. The molecule has 2 aromatic rings. The van der Waals surface area contributed by atoms with Gasteiger partial charge in [-0.1, -0.05) is 18.2 Å². The van der Waals surface area contributed by atoms with E-state index in [0.717, 1.165) is 22.1 Å². The van der Waals surface area contributed by atoms with Crippen molar-refractivity contribution in [3.8, 4) is 0 Å². The lowest BCUT2D eigenvalue weighted by Gasteiger charge is -2.38. The summed E-state index contributed by atoms with van der Waals surface area (Å²) in [5.41, 5.74) is -0.0501. The molecule has 2 aliphatic heterocycles. The molecule has 2 fully saturated rings. The van der Waals surface area contributed by atoms with Crippen LogP contribution in [0.3, 0.4) is 0 Å². The zero-order chi connectivity index (χ0) is 19.9. The molecule has 0 N–H and O–H groups in total. The molecular weight excluding hydrogens is 386 g/mol. The van der Waals surface area contributed by atoms with Crippen molar-refractivity contribution in [1.29, 1.82) is 0 Å². The molecule has 0 radical (unpaired) electrons. The van der Waals surface area contributed by atoms with E-state index in [1.54, 1.807) is 4.90 Å². The fourth-order valence-corrected chi connectivity index (χ4v) is 5.80. The quantitative estimate of drug-likeness (QED) is 0.787. The summed E-state index contributed by atoms with van der Waals surface area (Å²) in [6, 6.07) is 11.6. The third-order valence-electron chi connectivity index (χ3n) is 5.63. The Kier molecular flexibility index (Phi) is 4.71. The predicted molar refractivity (Wildman–Crippen MR) is 100 cm³/mol. The zero-order valence-corrected chi connectivity index (χ0v) is 16.0. The highest BCUT2D eigenvalue weighted by atomic mass is 32.2. The third kappa shape index (κ3) is 3.10. The van der Waals surface area contributed by atoms with Crippen LogP contribution in [0.4, 0.5) is 14.5 Å². The second-order valence-electron chi connectivity index (χ2n) is 7.34. The molecule has 2 saturated heterocycles. The Morgan fingerprint density at radius 2 is 1.71 bits per heavy atom. The minimum atomic E-state index is -4.24. The van der Waals surface area contributed by atoms with Crippen LogP contribution in [0.5, 0.6) is 0 Å². The lowest BCUT2D eigenvalue weighted by Crippen LogP contribution is -2.50. The van der Waals surface area contributed by atoms with Gasteiger partial charge in [0.15, 0.2) is 0 Å². The van der Waals surface area contributed by atoms with Crippen LogP contribution in [0.15, 0.2) is 53.4 Å². The van der Waals surface area contributed by atoms with Crippen LogP contribution in [0.1, 0.15) is 19.3 Å². The van der Waals surface area contributed by atoms with Gasteiger partial charge in [-0.25, -0.2) is 17.2 Å². The first kappa shape index (κ1) is 19.0. The second kappa shape index (κ2) is 6.93. The normalized spacial score (nSPS) is 23.5. The number of piperidine rings is 1. The summed E-state index contributed by atoms with van der Waals surface area (Å²) in [7, 11) is -4.24. The van der Waals surface area contributed by atoms with Gasteiger partial charge in [0.2, 0.25) is 15.9 Å². The number of para-hydroxylation sites is 1. The molecule has 5 nitrogen and oxygen atoms in total. The van der Waals surface area contributed by atoms with E-state index in [2.05, 4.69) is 0 Å². The summed E-state index contributed by atoms with van der Waals surface area (Å²) in [5, 5.41) is 0. The summed E-state index contributed by atoms with van der Waals surface area (Å²) in [6.45, 7) is 0.664. The summed E-state index contributed by atoms with van der Waals surface area (Å²) in [6.07, 6.45) is 1.59. The van der Waals surface area contributed by atoms with Crippen LogP contribution in [-0.4, -0.2) is 38.3 Å². The van der Waals surface area contributed by atoms with E-state index in [9.17, 15) is 22.0 Å². The van der Waals surface area contributed by atoms with Crippen LogP contribution >= 0.6 is 0 Å². The fourth-order valence-electron chi connectivity index (χ4n) is 4.16. The molecule has 148 valence electrons. The molecular formula is C20H20F2N2O3S. The van der Waals surface area contributed by atoms with E-state index in [-0.39, 0.29) is 19.0 Å². The number of benzene rings is 2. The van der Waals surface area contributed by atoms with Gasteiger partial charge in [0, 0.05) is 25.3 Å². The fraction of sp³-hybridized carbons (Fsp3) is 0.350. The zero-order valence-electron chi connectivity index (χ0n) is 15.1. The molecule has 28 heavy (non-hydrogen) atoms. The Hall–Kier alpha value is -2.32. The number of sulfonamides is 1. The Bertz CT molecular complexity index is 1010. The van der Waals surface area contributed by atoms with E-state index in [4.69, 9.17) is 0 Å². The summed E-state index contributed by atoms with van der Waals surface area (Å²) in [4.78, 5) is 14.2. The number of nitrogens with zero attached hydrogens (tertiary/aromatic N) is 2. The molecule has 1 amide bonds. The molecule has 2 aromatic carbocycles. The summed E-state index contributed by atoms with van der Waals surface area (Å²) < 4.78 is 54.7. The number of hydrogen-bond acceptors (Lipinski definition) is 3. The molecule has 0 aliphatic carbocycles. The Balaban J connectivity index is 1.63. The van der Waals surface area contributed by atoms with Crippen LogP contribution in [-0.2, 0) is 14.8 Å². The minimum absolute atomic E-state index is 0.0204. The maximum Gasteiger partial charge on any atom is 0.246 e. The van der Waals surface area contributed by atoms with Gasteiger partial charge in [-0.15, -0.1) is 0 Å². The number of rotatable bonds is 3. The molecule has 1 unspecified atom stereocenters. The molecule has 1 atom stereocenters. The molecule has 0 saturated carbocycles. The van der Waals surface area contributed by atoms with Crippen molar-refractivity contribution in [2.75, 3.05) is 24.5 Å². The maximum absolute atomic E-state index is 14.1. The first-order chi connectivity index (χ1) is 13.3. The SMILES string of the molecule is O=C1N(c2ccccc2)CCC12CCCN(S(=O)(=O)c1cc(F)ccc1F)C2. The van der Waals surface area contributed by atoms with Crippen molar-refractivity contribution < 1.29 is 22.0 Å². The van der Waals surface area contributed by atoms with Gasteiger partial charge < -0.3 is 4.90 Å². The van der Waals surface area contributed by atoms with Gasteiger partial charge in [-0.05, 0) is 49.6 Å². The van der Waals surface area contributed by atoms with E-state index in [0.29, 0.717) is 31.9 Å². The van der Waals surface area contributed by atoms with Crippen molar-refractivity contribution in [1.82, 2.24) is 4.31 Å². The number of hydrogen-bond donors (Lipinski definition) is 0. The average Bonchev–Trinajstić information content (AvgIpc) is 3.00. The number of amides is 1. The third-order valence-corrected chi connectivity index (χ3v) is 7.49. The van der Waals surface area contributed by atoms with Crippen molar-refractivity contribution in [3.05, 3.63) is 60.2 Å². The van der Waals surface area contributed by atoms with Gasteiger partial charge in [-0.2, -0.15) is 4.31 Å². The summed E-state index contributed by atoms with van der Waals surface area (Å²) >= 11 is 0. The number of anilines is 1. The predicted octanol–water partition coefficient (Wildman–Crippen LogP) is 3.17. The molecule has 0 aromatic heterocycles. The van der Waals surface area contributed by atoms with Gasteiger partial charge in [0.05, 0.1) is 5.41 Å². The maximum atomic E-state index is 14.1. The monoisotopic (exact) mass is 406 g/mol. The minimum Gasteiger partial charge on any atom is -0.312 e. The Morgan fingerprint density at radius 1 is 0.964 bits per heavy atom. The number of carbonyl (C=O) groups excluding carboxylic acids is 1. The van der Waals surface area contributed by atoms with E-state index in [1.165, 1.54) is 0 Å². The van der Waals surface area contributed by atoms with Gasteiger partial charge >= 0.3 is 0 Å². The van der Waals surface area contributed by atoms with Crippen molar-refractivity contribution in [2.24, 2.45) is 5.41 Å². The highest BCUT2D eigenvalue weighted by Gasteiger charge is 2.51. The van der Waals surface area contributed by atoms with E-state index >= 15 is 0 Å². The largest absolute Gasteiger partial charge is 0.312 e. The van der Waals surface area contributed by atoms with E-state index in [1.807, 2.05) is 30.3 Å². The number of carbonyl (C=O) groups is 1. The van der Waals surface area contributed by atoms with E-state index < -0.39 is 32.0 Å². The highest BCUT2D eigenvalue weighted by Crippen LogP contribution is 2.43. The van der Waals surface area contributed by atoms with Gasteiger partial charge in [0.25, 0.3) is 0 Å². The van der Waals surface area contributed by atoms with Crippen LogP contribution in [0, 0.1) is 17.0 Å². The summed E-state index contributed by atoms with van der Waals surface area (Å²) in [5.74, 6) is -1.93. The highest BCUT2D eigenvalue weighted by molar-refractivity contribution is 7.89. The molecule has 8 heteroatoms. The Morgan fingerprint density at radius 3 is 2.46 bits per heavy atom. The van der Waals surface area contributed by atoms with Gasteiger partial charge in [0.1, 0.15) is 16.5 Å². The lowest BCUT2D eigenvalue weighted by molar-refractivity contribution is -0.127. The first-order valence-corrected chi connectivity index (χ1v) is 10.6. The molecule has 2 aliphatic rings. The van der Waals surface area contributed by atoms with Crippen LogP contribution in [0.25, 0.3) is 0 Å². The van der Waals surface area contributed by atoms with Crippen molar-refractivity contribution >= 4 is 21.6 Å². The van der Waals surface area contributed by atoms with Crippen LogP contribution < -0.4 is 4.90 Å². The van der Waals surface area contributed by atoms with Crippen LogP contribution in [0.2, 0.25) is 0 Å². The van der Waals surface area contributed by atoms with Crippen molar-refractivity contribution in [3.63, 3.8) is 0 Å². The lowest BCUT2D eigenvalue weighted by atomic mass is 9.79. The first-order valence-electron chi connectivity index (χ1n) is 9.16. The van der Waals surface area contributed by atoms with Gasteiger partial charge in [-0.3, -0.25) is 4.79 Å². The molecule has 4 rings (SSSR count). The molecule has 0 bridgehead atoms. The smallest absolute Gasteiger partial charge is 0.246 e. The molecule has 2 heterocycles. The topological polar surface area (TPSA) is 57.7 Å². The average molecular weight is 406 g/mol. The number of halogens is 2. The Labute approximate surface area is 162 Å². The molecule has 1 spiro atoms.